The van der Waals surface area contributed by atoms with E-state index in [0.29, 0.717) is 34.6 Å². The molecule has 2 N–H and O–H groups in total. The van der Waals surface area contributed by atoms with Crippen LogP contribution in [0.15, 0.2) is 41.4 Å². The summed E-state index contributed by atoms with van der Waals surface area (Å²) in [7, 11) is 1.66. The predicted molar refractivity (Wildman–Crippen MR) is 95.4 cm³/mol. The molecule has 24 heavy (non-hydrogen) atoms. The summed E-state index contributed by atoms with van der Waals surface area (Å²) in [6, 6.07) is 9.05. The van der Waals surface area contributed by atoms with Crippen molar-refractivity contribution in [2.24, 2.45) is 4.99 Å². The molecule has 0 aliphatic carbocycles. The molecule has 0 aromatic heterocycles. The SMILES string of the molecule is CCC1N=C(c2ccccc2F)c2c(ccc(N)c2Cl)N(C)C1=O. The van der Waals surface area contributed by atoms with Gasteiger partial charge in [0.1, 0.15) is 11.9 Å². The third-order valence-electron chi connectivity index (χ3n) is 4.16. The predicted octanol–water partition coefficient (Wildman–Crippen LogP) is 3.65. The Kier molecular flexibility index (Phi) is 4.28. The van der Waals surface area contributed by atoms with Crippen LogP contribution in [0.2, 0.25) is 5.02 Å². The summed E-state index contributed by atoms with van der Waals surface area (Å²) in [6.45, 7) is 1.87. The molecule has 0 radical (unpaired) electrons. The summed E-state index contributed by atoms with van der Waals surface area (Å²) >= 11 is 6.42. The van der Waals surface area contributed by atoms with Gasteiger partial charge in [-0.25, -0.2) is 4.39 Å². The number of benzodiazepines with no additional fused rings is 1. The van der Waals surface area contributed by atoms with E-state index in [1.807, 2.05) is 6.92 Å². The molecule has 6 heteroatoms. The highest BCUT2D eigenvalue weighted by atomic mass is 35.5. The highest BCUT2D eigenvalue weighted by molar-refractivity contribution is 6.39. The molecule has 0 bridgehead atoms. The minimum atomic E-state index is -0.603. The molecule has 1 atom stereocenters. The number of likely N-dealkylation sites (N-methyl/N-ethyl adjacent to an activating group) is 1. The molecule has 2 aromatic rings. The van der Waals surface area contributed by atoms with E-state index in [0.717, 1.165) is 0 Å². The van der Waals surface area contributed by atoms with Crippen molar-refractivity contribution < 1.29 is 9.18 Å². The number of carbonyl (C=O) groups excluding carboxylic acids is 1. The first kappa shape index (κ1) is 16.5. The first-order chi connectivity index (χ1) is 11.5. The second-order valence-electron chi connectivity index (χ2n) is 5.64. The molecular weight excluding hydrogens is 329 g/mol. The zero-order valence-corrected chi connectivity index (χ0v) is 14.1. The molecule has 124 valence electrons. The highest BCUT2D eigenvalue weighted by Crippen LogP contribution is 2.37. The number of carbonyl (C=O) groups is 1. The van der Waals surface area contributed by atoms with Crippen molar-refractivity contribution in [1.82, 2.24) is 0 Å². The van der Waals surface area contributed by atoms with Crippen LogP contribution >= 0.6 is 11.6 Å². The van der Waals surface area contributed by atoms with Gasteiger partial charge in [-0.3, -0.25) is 9.79 Å². The van der Waals surface area contributed by atoms with Crippen LogP contribution in [0.3, 0.4) is 0 Å². The van der Waals surface area contributed by atoms with Crippen molar-refractivity contribution >= 4 is 34.6 Å². The molecule has 0 spiro atoms. The van der Waals surface area contributed by atoms with Gasteiger partial charge in [-0.15, -0.1) is 0 Å². The lowest BCUT2D eigenvalue weighted by atomic mass is 9.99. The lowest BCUT2D eigenvalue weighted by Crippen LogP contribution is -2.34. The van der Waals surface area contributed by atoms with Crippen LogP contribution in [0, 0.1) is 5.82 Å². The number of halogens is 2. The van der Waals surface area contributed by atoms with Gasteiger partial charge < -0.3 is 10.6 Å². The van der Waals surface area contributed by atoms with Crippen molar-refractivity contribution in [1.29, 1.82) is 0 Å². The number of hydrogen-bond acceptors (Lipinski definition) is 3. The molecule has 1 unspecified atom stereocenters. The van der Waals surface area contributed by atoms with Crippen LogP contribution in [0.4, 0.5) is 15.8 Å². The maximum atomic E-state index is 14.4. The van der Waals surface area contributed by atoms with Crippen LogP contribution < -0.4 is 10.6 Å². The molecule has 3 rings (SSSR count). The van der Waals surface area contributed by atoms with Crippen LogP contribution in [0.1, 0.15) is 24.5 Å². The van der Waals surface area contributed by atoms with Gasteiger partial charge in [-0.05, 0) is 30.7 Å². The largest absolute Gasteiger partial charge is 0.398 e. The summed E-state index contributed by atoms with van der Waals surface area (Å²) in [6.07, 6.45) is 0.502. The summed E-state index contributed by atoms with van der Waals surface area (Å²) in [5.74, 6) is -0.585. The fraction of sp³-hybridized carbons (Fsp3) is 0.222. The normalized spacial score (nSPS) is 17.3. The van der Waals surface area contributed by atoms with Crippen LogP contribution in [0.25, 0.3) is 0 Å². The van der Waals surface area contributed by atoms with Crippen molar-refractivity contribution in [2.45, 2.75) is 19.4 Å². The number of benzene rings is 2. The summed E-state index contributed by atoms with van der Waals surface area (Å²) < 4.78 is 14.4. The third kappa shape index (κ3) is 2.55. The molecule has 1 aliphatic heterocycles. The van der Waals surface area contributed by atoms with Crippen LogP contribution in [-0.2, 0) is 4.79 Å². The Balaban J connectivity index is 2.37. The van der Waals surface area contributed by atoms with Gasteiger partial charge in [-0.2, -0.15) is 0 Å². The maximum Gasteiger partial charge on any atom is 0.251 e. The number of rotatable bonds is 2. The van der Waals surface area contributed by atoms with E-state index < -0.39 is 11.9 Å². The maximum absolute atomic E-state index is 14.4. The topological polar surface area (TPSA) is 58.7 Å². The Hall–Kier alpha value is -2.40. The highest BCUT2D eigenvalue weighted by Gasteiger charge is 2.31. The van der Waals surface area contributed by atoms with Crippen molar-refractivity contribution in [3.05, 3.63) is 58.4 Å². The average Bonchev–Trinajstić information content (AvgIpc) is 2.68. The van der Waals surface area contributed by atoms with Gasteiger partial charge in [0.05, 0.1) is 22.1 Å². The molecule has 0 fully saturated rings. The van der Waals surface area contributed by atoms with E-state index in [1.54, 1.807) is 37.4 Å². The van der Waals surface area contributed by atoms with Gasteiger partial charge in [-0.1, -0.05) is 30.7 Å². The van der Waals surface area contributed by atoms with Gasteiger partial charge in [0.15, 0.2) is 0 Å². The summed E-state index contributed by atoms with van der Waals surface area (Å²) in [5.41, 5.74) is 7.99. The standard InChI is InChI=1S/C18H17ClFN3O/c1-3-13-18(24)23(2)14-9-8-12(21)16(19)15(14)17(22-13)10-6-4-5-7-11(10)20/h4-9,13H,3,21H2,1-2H3. The first-order valence-corrected chi connectivity index (χ1v) is 8.02. The van der Waals surface area contributed by atoms with Crippen molar-refractivity contribution in [3.63, 3.8) is 0 Å². The minimum absolute atomic E-state index is 0.161. The van der Waals surface area contributed by atoms with Gasteiger partial charge in [0.2, 0.25) is 0 Å². The monoisotopic (exact) mass is 345 g/mol. The fourth-order valence-corrected chi connectivity index (χ4v) is 3.08. The first-order valence-electron chi connectivity index (χ1n) is 7.64. The number of aliphatic imine (C=N–C) groups is 1. The van der Waals surface area contributed by atoms with E-state index >= 15 is 0 Å². The van der Waals surface area contributed by atoms with E-state index in [4.69, 9.17) is 17.3 Å². The summed E-state index contributed by atoms with van der Waals surface area (Å²) in [4.78, 5) is 18.7. The Bertz CT molecular complexity index is 850. The number of anilines is 2. The lowest BCUT2D eigenvalue weighted by molar-refractivity contribution is -0.119. The van der Waals surface area contributed by atoms with Crippen molar-refractivity contribution in [3.8, 4) is 0 Å². The zero-order valence-electron chi connectivity index (χ0n) is 13.4. The quantitative estimate of drug-likeness (QED) is 0.844. The van der Waals surface area contributed by atoms with Crippen LogP contribution in [-0.4, -0.2) is 24.7 Å². The van der Waals surface area contributed by atoms with E-state index in [2.05, 4.69) is 4.99 Å². The molecule has 1 amide bonds. The minimum Gasteiger partial charge on any atom is -0.398 e. The Morgan fingerprint density at radius 3 is 2.67 bits per heavy atom. The van der Waals surface area contributed by atoms with Gasteiger partial charge >= 0.3 is 0 Å². The smallest absolute Gasteiger partial charge is 0.251 e. The number of nitrogens with two attached hydrogens (primary N) is 1. The lowest BCUT2D eigenvalue weighted by Gasteiger charge is -2.21. The fourth-order valence-electron chi connectivity index (χ4n) is 2.83. The van der Waals surface area contributed by atoms with Gasteiger partial charge in [0.25, 0.3) is 5.91 Å². The molecule has 0 saturated carbocycles. The van der Waals surface area contributed by atoms with E-state index in [1.165, 1.54) is 11.0 Å². The second-order valence-corrected chi connectivity index (χ2v) is 6.02. The summed E-state index contributed by atoms with van der Waals surface area (Å²) in [5, 5.41) is 0.269. The molecule has 4 nitrogen and oxygen atoms in total. The van der Waals surface area contributed by atoms with Gasteiger partial charge in [0, 0.05) is 18.2 Å². The van der Waals surface area contributed by atoms with Crippen LogP contribution in [0.5, 0.6) is 0 Å². The Morgan fingerprint density at radius 2 is 2.00 bits per heavy atom. The molecular formula is C18H17ClFN3O. The number of nitrogens with zero attached hydrogens (tertiary/aromatic N) is 2. The number of amides is 1. The molecule has 2 aromatic carbocycles. The average molecular weight is 346 g/mol. The second kappa shape index (κ2) is 6.24. The number of nitrogen functional groups attached to an aromatic ring is 1. The molecule has 1 aliphatic rings. The van der Waals surface area contributed by atoms with E-state index in [-0.39, 0.29) is 10.9 Å². The third-order valence-corrected chi connectivity index (χ3v) is 4.57. The zero-order chi connectivity index (χ0) is 17.4. The number of hydrogen-bond donors (Lipinski definition) is 1. The Labute approximate surface area is 144 Å². The van der Waals surface area contributed by atoms with Crippen molar-refractivity contribution in [2.75, 3.05) is 17.7 Å². The molecule has 1 heterocycles. The Morgan fingerprint density at radius 1 is 1.29 bits per heavy atom. The molecule has 0 saturated heterocycles. The number of fused-ring (bicyclic) bond motifs is 1. The van der Waals surface area contributed by atoms with E-state index in [9.17, 15) is 9.18 Å².